The van der Waals surface area contributed by atoms with Gasteiger partial charge in [0.05, 0.1) is 40.6 Å². The SMILES string of the molecule is CCCCOc1cc(C(=O)O)ccc1-c1c(Cl)c(CC)c(Cl)c(-c2ncc[nH]2)c1NC(=O)CCCc1ccc(OC)cc1. The van der Waals surface area contributed by atoms with Crippen molar-refractivity contribution >= 4 is 40.8 Å². The van der Waals surface area contributed by atoms with Gasteiger partial charge in [0.1, 0.15) is 17.3 Å². The average molecular weight is 625 g/mol. The number of aromatic nitrogens is 2. The number of aromatic carboxylic acids is 1. The Bertz CT molecular complexity index is 1570. The molecule has 0 radical (unpaired) electrons. The first kappa shape index (κ1) is 31.9. The molecule has 4 aromatic rings. The van der Waals surface area contributed by atoms with E-state index in [1.54, 1.807) is 25.6 Å². The van der Waals surface area contributed by atoms with Crippen molar-refractivity contribution in [3.8, 4) is 34.0 Å². The van der Waals surface area contributed by atoms with Crippen LogP contribution in [0.15, 0.2) is 54.9 Å². The van der Waals surface area contributed by atoms with Gasteiger partial charge in [-0.25, -0.2) is 9.78 Å². The molecule has 3 N–H and O–H groups in total. The number of methoxy groups -OCH3 is 1. The zero-order valence-electron chi connectivity index (χ0n) is 24.4. The average Bonchev–Trinajstić information content (AvgIpc) is 3.53. The summed E-state index contributed by atoms with van der Waals surface area (Å²) in [6.07, 6.45) is 7.02. The number of benzene rings is 3. The number of imidazole rings is 1. The van der Waals surface area contributed by atoms with Crippen LogP contribution >= 0.6 is 23.2 Å². The molecule has 0 aliphatic heterocycles. The summed E-state index contributed by atoms with van der Waals surface area (Å²) in [6.45, 7) is 4.36. The van der Waals surface area contributed by atoms with Gasteiger partial charge in [-0.1, -0.05) is 55.6 Å². The minimum absolute atomic E-state index is 0.0754. The van der Waals surface area contributed by atoms with Crippen molar-refractivity contribution in [3.63, 3.8) is 0 Å². The van der Waals surface area contributed by atoms with E-state index in [4.69, 9.17) is 32.7 Å². The first-order valence-corrected chi connectivity index (χ1v) is 15.0. The van der Waals surface area contributed by atoms with E-state index in [1.807, 2.05) is 38.1 Å². The van der Waals surface area contributed by atoms with Crippen molar-refractivity contribution in [2.24, 2.45) is 0 Å². The molecule has 0 spiro atoms. The molecule has 0 bridgehead atoms. The summed E-state index contributed by atoms with van der Waals surface area (Å²) in [4.78, 5) is 32.8. The number of nitrogens with zero attached hydrogens (tertiary/aromatic N) is 1. The molecule has 1 heterocycles. The number of hydrogen-bond donors (Lipinski definition) is 3. The number of H-pyrrole nitrogens is 1. The van der Waals surface area contributed by atoms with Gasteiger partial charge in [-0.3, -0.25) is 4.79 Å². The number of unbranched alkanes of at least 4 members (excludes halogenated alkanes) is 1. The number of ether oxygens (including phenoxy) is 2. The number of aryl methyl sites for hydroxylation is 1. The van der Waals surface area contributed by atoms with Crippen molar-refractivity contribution in [2.45, 2.75) is 52.4 Å². The van der Waals surface area contributed by atoms with E-state index in [2.05, 4.69) is 15.3 Å². The summed E-state index contributed by atoms with van der Waals surface area (Å²) < 4.78 is 11.3. The lowest BCUT2D eigenvalue weighted by atomic mass is 9.93. The Hall–Kier alpha value is -4.01. The highest BCUT2D eigenvalue weighted by Crippen LogP contribution is 2.50. The van der Waals surface area contributed by atoms with Crippen LogP contribution in [0.4, 0.5) is 5.69 Å². The van der Waals surface area contributed by atoms with Crippen LogP contribution in [0.5, 0.6) is 11.5 Å². The van der Waals surface area contributed by atoms with Crippen molar-refractivity contribution < 1.29 is 24.2 Å². The Kier molecular flexibility index (Phi) is 11.1. The van der Waals surface area contributed by atoms with E-state index in [9.17, 15) is 14.7 Å². The largest absolute Gasteiger partial charge is 0.497 e. The van der Waals surface area contributed by atoms with Crippen LogP contribution in [-0.4, -0.2) is 40.7 Å². The smallest absolute Gasteiger partial charge is 0.335 e. The third-order valence-electron chi connectivity index (χ3n) is 7.10. The lowest BCUT2D eigenvalue weighted by Gasteiger charge is -2.23. The maximum atomic E-state index is 13.5. The molecule has 3 aromatic carbocycles. The number of nitrogens with one attached hydrogen (secondary N) is 2. The van der Waals surface area contributed by atoms with Crippen LogP contribution in [0.1, 0.15) is 61.0 Å². The van der Waals surface area contributed by atoms with Gasteiger partial charge in [0, 0.05) is 29.9 Å². The summed E-state index contributed by atoms with van der Waals surface area (Å²) in [5, 5.41) is 13.5. The Morgan fingerprint density at radius 2 is 1.77 bits per heavy atom. The molecular weight excluding hydrogens is 589 g/mol. The lowest BCUT2D eigenvalue weighted by Crippen LogP contribution is -2.15. The van der Waals surface area contributed by atoms with E-state index in [0.29, 0.717) is 75.4 Å². The Balaban J connectivity index is 1.79. The minimum Gasteiger partial charge on any atom is -0.497 e. The van der Waals surface area contributed by atoms with Crippen molar-refractivity contribution in [3.05, 3.63) is 81.6 Å². The van der Waals surface area contributed by atoms with Crippen molar-refractivity contribution in [2.75, 3.05) is 19.0 Å². The summed E-state index contributed by atoms with van der Waals surface area (Å²) in [5.74, 6) is 0.277. The summed E-state index contributed by atoms with van der Waals surface area (Å²) in [5.41, 5.74) is 3.74. The normalized spacial score (nSPS) is 10.9. The molecule has 10 heteroatoms. The lowest BCUT2D eigenvalue weighted by molar-refractivity contribution is -0.116. The van der Waals surface area contributed by atoms with Crippen LogP contribution in [0.3, 0.4) is 0 Å². The molecule has 8 nitrogen and oxygen atoms in total. The third kappa shape index (κ3) is 7.50. The topological polar surface area (TPSA) is 114 Å². The number of rotatable bonds is 14. The van der Waals surface area contributed by atoms with Gasteiger partial charge in [0.25, 0.3) is 0 Å². The first-order chi connectivity index (χ1) is 20.8. The fourth-order valence-corrected chi connectivity index (χ4v) is 5.70. The molecule has 0 saturated carbocycles. The van der Waals surface area contributed by atoms with Gasteiger partial charge in [0.2, 0.25) is 5.91 Å². The number of anilines is 1. The van der Waals surface area contributed by atoms with E-state index in [0.717, 1.165) is 24.2 Å². The van der Waals surface area contributed by atoms with Gasteiger partial charge >= 0.3 is 5.97 Å². The highest BCUT2D eigenvalue weighted by Gasteiger charge is 2.28. The van der Waals surface area contributed by atoms with Crippen molar-refractivity contribution in [1.29, 1.82) is 0 Å². The van der Waals surface area contributed by atoms with E-state index in [1.165, 1.54) is 12.1 Å². The van der Waals surface area contributed by atoms with Crippen LogP contribution in [0.2, 0.25) is 10.0 Å². The zero-order valence-corrected chi connectivity index (χ0v) is 25.9. The second-order valence-corrected chi connectivity index (χ2v) is 10.7. The van der Waals surface area contributed by atoms with Crippen LogP contribution in [-0.2, 0) is 17.6 Å². The molecule has 1 amide bonds. The second kappa shape index (κ2) is 14.9. The first-order valence-electron chi connectivity index (χ1n) is 14.3. The fraction of sp³-hybridized carbons (Fsp3) is 0.303. The quantitative estimate of drug-likeness (QED) is 0.121. The van der Waals surface area contributed by atoms with Gasteiger partial charge in [-0.15, -0.1) is 0 Å². The summed E-state index contributed by atoms with van der Waals surface area (Å²) in [6, 6.07) is 12.4. The molecule has 0 unspecified atom stereocenters. The Labute approximate surface area is 261 Å². The third-order valence-corrected chi connectivity index (χ3v) is 7.94. The molecule has 1 aromatic heterocycles. The molecule has 0 fully saturated rings. The van der Waals surface area contributed by atoms with E-state index >= 15 is 0 Å². The monoisotopic (exact) mass is 623 g/mol. The summed E-state index contributed by atoms with van der Waals surface area (Å²) in [7, 11) is 1.62. The zero-order chi connectivity index (χ0) is 30.9. The van der Waals surface area contributed by atoms with Gasteiger partial charge in [-0.2, -0.15) is 0 Å². The van der Waals surface area contributed by atoms with E-state index in [-0.39, 0.29) is 17.9 Å². The Morgan fingerprint density at radius 3 is 2.40 bits per heavy atom. The molecule has 226 valence electrons. The van der Waals surface area contributed by atoms with Gasteiger partial charge in [0.15, 0.2) is 0 Å². The maximum Gasteiger partial charge on any atom is 0.335 e. The number of carbonyl (C=O) groups excluding carboxylic acids is 1. The number of aromatic amines is 1. The molecule has 4 rings (SSSR count). The number of carboxylic acids is 1. The number of carboxylic acid groups (broad SMARTS) is 1. The fourth-order valence-electron chi connectivity index (χ4n) is 4.81. The molecule has 43 heavy (non-hydrogen) atoms. The number of amides is 1. The predicted octanol–water partition coefficient (Wildman–Crippen LogP) is 8.46. The second-order valence-electron chi connectivity index (χ2n) is 9.99. The standard InChI is InChI=1S/C33H35Cl2N3O5/c1-4-6-18-43-25-19-21(33(40)41)12-15-24(25)27-29(34)23(5-2)30(35)28(32-36-16-17-37-32)31(27)38-26(39)9-7-8-20-10-13-22(42-3)14-11-20/h10-17,19H,4-9,18H2,1-3H3,(H,36,37)(H,38,39)(H,40,41). The van der Waals surface area contributed by atoms with Crippen LogP contribution in [0.25, 0.3) is 22.5 Å². The molecule has 0 aliphatic rings. The molecule has 0 saturated heterocycles. The molecule has 0 atom stereocenters. The van der Waals surface area contributed by atoms with E-state index < -0.39 is 5.97 Å². The molecular formula is C33H35Cl2N3O5. The van der Waals surface area contributed by atoms with Gasteiger partial charge < -0.3 is 24.9 Å². The van der Waals surface area contributed by atoms with Gasteiger partial charge in [-0.05, 0) is 67.1 Å². The molecule has 0 aliphatic carbocycles. The summed E-state index contributed by atoms with van der Waals surface area (Å²) >= 11 is 14.0. The predicted molar refractivity (Wildman–Crippen MR) is 171 cm³/mol. The number of carbonyl (C=O) groups is 2. The highest BCUT2D eigenvalue weighted by molar-refractivity contribution is 6.41. The minimum atomic E-state index is -1.08. The van der Waals surface area contributed by atoms with Crippen LogP contribution in [0, 0.1) is 0 Å². The maximum absolute atomic E-state index is 13.5. The number of halogens is 2. The van der Waals surface area contributed by atoms with Crippen LogP contribution < -0.4 is 14.8 Å². The number of hydrogen-bond acceptors (Lipinski definition) is 5. The highest BCUT2D eigenvalue weighted by atomic mass is 35.5. The Morgan fingerprint density at radius 1 is 1.02 bits per heavy atom. The van der Waals surface area contributed by atoms with Crippen molar-refractivity contribution in [1.82, 2.24) is 9.97 Å².